The largest absolute Gasteiger partial charge is 0.368 e. The molecule has 3 nitrogen and oxygen atoms in total. The Balaban J connectivity index is 2.63. The van der Waals surface area contributed by atoms with Crippen LogP contribution in [0.25, 0.3) is 0 Å². The Kier molecular flexibility index (Phi) is 1.53. The third-order valence-corrected chi connectivity index (χ3v) is 1.40. The van der Waals surface area contributed by atoms with Crippen molar-refractivity contribution < 1.29 is 0 Å². The van der Waals surface area contributed by atoms with E-state index in [1.807, 2.05) is 26.4 Å². The SMILES string of the molecule is CNC1(C)C=NC=CN1. The molecule has 0 fully saturated rings. The second-order valence-electron chi connectivity index (χ2n) is 2.19. The summed E-state index contributed by atoms with van der Waals surface area (Å²) in [6, 6.07) is 0. The molecule has 3 heteroatoms. The lowest BCUT2D eigenvalue weighted by atomic mass is 10.2. The zero-order chi connectivity index (χ0) is 6.74. The fourth-order valence-corrected chi connectivity index (χ4v) is 0.620. The van der Waals surface area contributed by atoms with Crippen LogP contribution in [0.2, 0.25) is 0 Å². The maximum atomic E-state index is 3.97. The lowest BCUT2D eigenvalue weighted by molar-refractivity contribution is 0.467. The number of nitrogens with one attached hydrogen (secondary N) is 2. The van der Waals surface area contributed by atoms with E-state index in [0.717, 1.165) is 0 Å². The highest BCUT2D eigenvalue weighted by molar-refractivity contribution is 5.70. The maximum absolute atomic E-state index is 3.97. The Morgan fingerprint density at radius 3 is 2.78 bits per heavy atom. The van der Waals surface area contributed by atoms with Gasteiger partial charge in [0, 0.05) is 18.6 Å². The second kappa shape index (κ2) is 2.19. The van der Waals surface area contributed by atoms with E-state index in [4.69, 9.17) is 0 Å². The average Bonchev–Trinajstić information content (AvgIpc) is 1.90. The quantitative estimate of drug-likeness (QED) is 0.520. The fraction of sp³-hybridized carbons (Fsp3) is 0.500. The van der Waals surface area contributed by atoms with Crippen molar-refractivity contribution in [3.63, 3.8) is 0 Å². The molecule has 1 rings (SSSR count). The van der Waals surface area contributed by atoms with Gasteiger partial charge < -0.3 is 5.32 Å². The minimum absolute atomic E-state index is 0.158. The van der Waals surface area contributed by atoms with Crippen LogP contribution in [0, 0.1) is 0 Å². The van der Waals surface area contributed by atoms with Crippen LogP contribution >= 0.6 is 0 Å². The number of hydrogen-bond acceptors (Lipinski definition) is 3. The van der Waals surface area contributed by atoms with Crippen molar-refractivity contribution in [1.82, 2.24) is 10.6 Å². The van der Waals surface area contributed by atoms with Crippen LogP contribution in [0.5, 0.6) is 0 Å². The highest BCUT2D eigenvalue weighted by Gasteiger charge is 2.16. The van der Waals surface area contributed by atoms with Crippen LogP contribution in [0.15, 0.2) is 17.4 Å². The Morgan fingerprint density at radius 1 is 1.67 bits per heavy atom. The number of rotatable bonds is 1. The van der Waals surface area contributed by atoms with Crippen molar-refractivity contribution in [2.75, 3.05) is 7.05 Å². The van der Waals surface area contributed by atoms with Crippen LogP contribution in [0.4, 0.5) is 0 Å². The predicted molar refractivity (Wildman–Crippen MR) is 38.2 cm³/mol. The van der Waals surface area contributed by atoms with E-state index < -0.39 is 0 Å². The van der Waals surface area contributed by atoms with Gasteiger partial charge in [0.2, 0.25) is 0 Å². The van der Waals surface area contributed by atoms with E-state index in [0.29, 0.717) is 0 Å². The highest BCUT2D eigenvalue weighted by Crippen LogP contribution is 1.97. The topological polar surface area (TPSA) is 36.4 Å². The molecule has 0 aromatic heterocycles. The van der Waals surface area contributed by atoms with E-state index in [9.17, 15) is 0 Å². The molecular formula is C6H11N3. The summed E-state index contributed by atoms with van der Waals surface area (Å²) < 4.78 is 0. The van der Waals surface area contributed by atoms with Gasteiger partial charge in [0.1, 0.15) is 5.66 Å². The molecule has 1 aliphatic heterocycles. The van der Waals surface area contributed by atoms with E-state index in [2.05, 4.69) is 15.6 Å². The smallest absolute Gasteiger partial charge is 0.121 e. The second-order valence-corrected chi connectivity index (χ2v) is 2.19. The van der Waals surface area contributed by atoms with E-state index in [-0.39, 0.29) is 5.66 Å². The normalized spacial score (nSPS) is 32.2. The molecule has 1 aliphatic rings. The first-order valence-electron chi connectivity index (χ1n) is 2.93. The summed E-state index contributed by atoms with van der Waals surface area (Å²) >= 11 is 0. The van der Waals surface area contributed by atoms with Crippen molar-refractivity contribution >= 4 is 6.21 Å². The molecule has 0 aliphatic carbocycles. The van der Waals surface area contributed by atoms with Crippen LogP contribution in [0.1, 0.15) is 6.92 Å². The van der Waals surface area contributed by atoms with Gasteiger partial charge in [-0.2, -0.15) is 0 Å². The zero-order valence-electron chi connectivity index (χ0n) is 5.68. The molecule has 0 saturated carbocycles. The standard InChI is InChI=1S/C6H11N3/c1-6(7-2)5-8-3-4-9-6/h3-5,7,9H,1-2H3. The molecule has 0 bridgehead atoms. The molecule has 0 aromatic rings. The molecule has 0 saturated heterocycles. The minimum Gasteiger partial charge on any atom is -0.368 e. The van der Waals surface area contributed by atoms with Crippen LogP contribution in [-0.2, 0) is 0 Å². The van der Waals surface area contributed by atoms with Gasteiger partial charge in [-0.1, -0.05) is 0 Å². The Labute approximate surface area is 54.9 Å². The molecule has 1 atom stereocenters. The highest BCUT2D eigenvalue weighted by atomic mass is 15.2. The third-order valence-electron chi connectivity index (χ3n) is 1.40. The summed E-state index contributed by atoms with van der Waals surface area (Å²) in [5, 5.41) is 6.17. The van der Waals surface area contributed by atoms with Gasteiger partial charge in [0.15, 0.2) is 0 Å². The first-order valence-corrected chi connectivity index (χ1v) is 2.93. The third kappa shape index (κ3) is 1.29. The molecule has 1 unspecified atom stereocenters. The molecular weight excluding hydrogens is 114 g/mol. The van der Waals surface area contributed by atoms with Crippen molar-refractivity contribution in [3.05, 3.63) is 12.4 Å². The van der Waals surface area contributed by atoms with Gasteiger partial charge in [0.25, 0.3) is 0 Å². The summed E-state index contributed by atoms with van der Waals surface area (Å²) in [5.74, 6) is 0. The molecule has 2 N–H and O–H groups in total. The van der Waals surface area contributed by atoms with Crippen molar-refractivity contribution in [1.29, 1.82) is 0 Å². The fourth-order valence-electron chi connectivity index (χ4n) is 0.620. The van der Waals surface area contributed by atoms with Crippen LogP contribution in [-0.4, -0.2) is 18.9 Å². The van der Waals surface area contributed by atoms with Crippen molar-refractivity contribution in [2.45, 2.75) is 12.6 Å². The summed E-state index contributed by atoms with van der Waals surface area (Å²) in [4.78, 5) is 3.97. The number of aliphatic imine (C=N–C) groups is 1. The summed E-state index contributed by atoms with van der Waals surface area (Å²) in [5.41, 5.74) is -0.158. The summed E-state index contributed by atoms with van der Waals surface area (Å²) in [7, 11) is 1.89. The predicted octanol–water partition coefficient (Wildman–Crippen LogP) is 0.0672. The van der Waals surface area contributed by atoms with Crippen LogP contribution in [0.3, 0.4) is 0 Å². The van der Waals surface area contributed by atoms with Gasteiger partial charge in [-0.3, -0.25) is 10.3 Å². The minimum atomic E-state index is -0.158. The summed E-state index contributed by atoms with van der Waals surface area (Å²) in [6.45, 7) is 2.01. The van der Waals surface area contributed by atoms with Gasteiger partial charge >= 0.3 is 0 Å². The molecule has 0 amide bonds. The van der Waals surface area contributed by atoms with Gasteiger partial charge in [0.05, 0.1) is 0 Å². The van der Waals surface area contributed by atoms with Gasteiger partial charge in [-0.25, -0.2) is 0 Å². The first kappa shape index (κ1) is 6.29. The number of nitrogens with zero attached hydrogens (tertiary/aromatic N) is 1. The molecule has 0 radical (unpaired) electrons. The van der Waals surface area contributed by atoms with Gasteiger partial charge in [-0.05, 0) is 14.0 Å². The maximum Gasteiger partial charge on any atom is 0.121 e. The molecule has 1 heterocycles. The van der Waals surface area contributed by atoms with Crippen LogP contribution < -0.4 is 10.6 Å². The lowest BCUT2D eigenvalue weighted by Crippen LogP contribution is -2.52. The molecule has 9 heavy (non-hydrogen) atoms. The molecule has 0 aromatic carbocycles. The zero-order valence-corrected chi connectivity index (χ0v) is 5.68. The molecule has 0 spiro atoms. The van der Waals surface area contributed by atoms with E-state index >= 15 is 0 Å². The van der Waals surface area contributed by atoms with Gasteiger partial charge in [-0.15, -0.1) is 0 Å². The lowest BCUT2D eigenvalue weighted by Gasteiger charge is -2.26. The Morgan fingerprint density at radius 2 is 2.44 bits per heavy atom. The Hall–Kier alpha value is -0.830. The van der Waals surface area contributed by atoms with E-state index in [1.54, 1.807) is 6.20 Å². The number of hydrogen-bond donors (Lipinski definition) is 2. The van der Waals surface area contributed by atoms with E-state index in [1.165, 1.54) is 0 Å². The summed E-state index contributed by atoms with van der Waals surface area (Å²) in [6.07, 6.45) is 5.36. The first-order chi connectivity index (χ1) is 4.27. The van der Waals surface area contributed by atoms with Crippen molar-refractivity contribution in [2.24, 2.45) is 4.99 Å². The molecule has 50 valence electrons. The monoisotopic (exact) mass is 125 g/mol. The van der Waals surface area contributed by atoms with Crippen molar-refractivity contribution in [3.8, 4) is 0 Å². The Bertz CT molecular complexity index is 150. The average molecular weight is 125 g/mol.